The molecule has 1 aromatic heterocycles. The molecule has 21 heavy (non-hydrogen) atoms. The van der Waals surface area contributed by atoms with Crippen LogP contribution in [0.25, 0.3) is 0 Å². The van der Waals surface area contributed by atoms with E-state index in [0.29, 0.717) is 34.1 Å². The summed E-state index contributed by atoms with van der Waals surface area (Å²) in [6, 6.07) is 5.65. The Morgan fingerprint density at radius 3 is 2.86 bits per heavy atom. The molecular weight excluding hydrogens is 306 g/mol. The molecule has 5 nitrogen and oxygen atoms in total. The van der Waals surface area contributed by atoms with Crippen molar-refractivity contribution in [2.24, 2.45) is 5.92 Å². The maximum Gasteiger partial charge on any atom is 0.252 e. The first kappa shape index (κ1) is 15.0. The van der Waals surface area contributed by atoms with Crippen molar-refractivity contribution in [2.75, 3.05) is 26.7 Å². The average molecular weight is 325 g/mol. The molecule has 2 aliphatic heterocycles. The smallest absolute Gasteiger partial charge is 0.252 e. The molecule has 1 aromatic rings. The fourth-order valence-electron chi connectivity index (χ4n) is 3.48. The highest BCUT2D eigenvalue weighted by molar-refractivity contribution is 7.91. The highest BCUT2D eigenvalue weighted by atomic mass is 32.2. The van der Waals surface area contributed by atoms with Crippen LogP contribution in [0.4, 0.5) is 0 Å². The Kier molecular flexibility index (Phi) is 4.06. The number of fused-ring (bicyclic) bond motifs is 1. The molecule has 3 rings (SSSR count). The molecule has 2 unspecified atom stereocenters. The monoisotopic (exact) mass is 325 g/mol. The third-order valence-corrected chi connectivity index (χ3v) is 7.92. The molecule has 2 fully saturated rings. The van der Waals surface area contributed by atoms with Gasteiger partial charge in [0.1, 0.15) is 15.2 Å². The zero-order valence-electron chi connectivity index (χ0n) is 12.0. The number of piperidine rings is 2. The van der Waals surface area contributed by atoms with E-state index in [4.69, 9.17) is 5.26 Å². The number of nitrogens with zero attached hydrogens (tertiary/aromatic N) is 3. The number of hydrogen-bond acceptors (Lipinski definition) is 5. The summed E-state index contributed by atoms with van der Waals surface area (Å²) in [6.07, 6.45) is 3.15. The normalized spacial score (nSPS) is 28.0. The van der Waals surface area contributed by atoms with Gasteiger partial charge in [0.25, 0.3) is 10.0 Å². The summed E-state index contributed by atoms with van der Waals surface area (Å²) in [5.41, 5.74) is 0. The van der Waals surface area contributed by atoms with Gasteiger partial charge in [-0.1, -0.05) is 0 Å². The first-order valence-corrected chi connectivity index (χ1v) is 9.48. The van der Waals surface area contributed by atoms with E-state index in [-0.39, 0.29) is 0 Å². The predicted octanol–water partition coefficient (Wildman–Crippen LogP) is 1.72. The largest absolute Gasteiger partial charge is 0.303 e. The van der Waals surface area contributed by atoms with Crippen LogP contribution in [0.1, 0.15) is 24.1 Å². The van der Waals surface area contributed by atoms with Gasteiger partial charge in [0.15, 0.2) is 0 Å². The summed E-state index contributed by atoms with van der Waals surface area (Å²) in [5, 5.41) is 8.86. The zero-order chi connectivity index (χ0) is 15.0. The minimum atomic E-state index is -3.44. The molecule has 0 radical (unpaired) electrons. The topological polar surface area (TPSA) is 64.4 Å². The van der Waals surface area contributed by atoms with E-state index in [9.17, 15) is 8.42 Å². The lowest BCUT2D eigenvalue weighted by atomic mass is 9.85. The summed E-state index contributed by atoms with van der Waals surface area (Å²) in [7, 11) is -1.30. The van der Waals surface area contributed by atoms with E-state index in [2.05, 4.69) is 11.9 Å². The number of nitriles is 1. The first-order chi connectivity index (χ1) is 10.0. The van der Waals surface area contributed by atoms with Gasteiger partial charge in [0, 0.05) is 19.1 Å². The van der Waals surface area contributed by atoms with Crippen molar-refractivity contribution in [1.29, 1.82) is 5.26 Å². The van der Waals surface area contributed by atoms with E-state index in [1.807, 2.05) is 6.07 Å². The zero-order valence-corrected chi connectivity index (χ0v) is 13.7. The maximum atomic E-state index is 12.7. The summed E-state index contributed by atoms with van der Waals surface area (Å²) in [6.45, 7) is 2.30. The van der Waals surface area contributed by atoms with Crippen LogP contribution in [0.5, 0.6) is 0 Å². The fourth-order valence-corrected chi connectivity index (χ4v) is 6.25. The Hall–Kier alpha value is -0.940. The maximum absolute atomic E-state index is 12.7. The van der Waals surface area contributed by atoms with Gasteiger partial charge in [-0.05, 0) is 50.9 Å². The van der Waals surface area contributed by atoms with Crippen LogP contribution in [0.2, 0.25) is 0 Å². The Labute approximate surface area is 129 Å². The van der Waals surface area contributed by atoms with Crippen LogP contribution >= 0.6 is 11.3 Å². The van der Waals surface area contributed by atoms with Crippen molar-refractivity contribution >= 4 is 21.4 Å². The van der Waals surface area contributed by atoms with Gasteiger partial charge < -0.3 is 4.90 Å². The molecule has 0 bridgehead atoms. The van der Waals surface area contributed by atoms with E-state index in [1.165, 1.54) is 0 Å². The average Bonchev–Trinajstić information content (AvgIpc) is 2.97. The van der Waals surface area contributed by atoms with Crippen LogP contribution in [-0.2, 0) is 10.0 Å². The Morgan fingerprint density at radius 1 is 1.33 bits per heavy atom. The van der Waals surface area contributed by atoms with Crippen LogP contribution < -0.4 is 0 Å². The molecule has 7 heteroatoms. The standard InChI is InChI=1S/C14H19N3O2S2/c1-16-7-2-3-11-10-17(8-6-13(11)16)21(18,19)14-5-4-12(9-15)20-14/h4-5,11,13H,2-3,6-8,10H2,1H3. The lowest BCUT2D eigenvalue weighted by molar-refractivity contribution is 0.0672. The van der Waals surface area contributed by atoms with Crippen molar-refractivity contribution in [3.63, 3.8) is 0 Å². The summed E-state index contributed by atoms with van der Waals surface area (Å²) in [4.78, 5) is 2.82. The second-order valence-electron chi connectivity index (χ2n) is 5.83. The molecule has 2 aliphatic rings. The summed E-state index contributed by atoms with van der Waals surface area (Å²) < 4.78 is 27.3. The van der Waals surface area contributed by atoms with Gasteiger partial charge in [-0.2, -0.15) is 9.57 Å². The Balaban J connectivity index is 1.80. The van der Waals surface area contributed by atoms with Crippen LogP contribution in [-0.4, -0.2) is 50.3 Å². The molecule has 0 amide bonds. The molecule has 0 aromatic carbocycles. The number of likely N-dealkylation sites (tertiary alicyclic amines) is 1. The number of sulfonamides is 1. The number of rotatable bonds is 2. The van der Waals surface area contributed by atoms with E-state index >= 15 is 0 Å². The van der Waals surface area contributed by atoms with Gasteiger partial charge in [0.05, 0.1) is 0 Å². The molecule has 0 aliphatic carbocycles. The quantitative estimate of drug-likeness (QED) is 0.830. The molecule has 114 valence electrons. The predicted molar refractivity (Wildman–Crippen MR) is 81.6 cm³/mol. The Morgan fingerprint density at radius 2 is 2.14 bits per heavy atom. The van der Waals surface area contributed by atoms with Crippen LogP contribution in [0, 0.1) is 17.2 Å². The number of hydrogen-bond donors (Lipinski definition) is 0. The second kappa shape index (κ2) is 5.69. The molecule has 3 heterocycles. The van der Waals surface area contributed by atoms with Crippen LogP contribution in [0.3, 0.4) is 0 Å². The van der Waals surface area contributed by atoms with Crippen LogP contribution in [0.15, 0.2) is 16.3 Å². The minimum absolute atomic E-state index is 0.293. The van der Waals surface area contributed by atoms with Crippen molar-refractivity contribution < 1.29 is 8.42 Å². The Bertz CT molecular complexity index is 662. The van der Waals surface area contributed by atoms with Gasteiger partial charge in [0.2, 0.25) is 0 Å². The van der Waals surface area contributed by atoms with Gasteiger partial charge in [-0.15, -0.1) is 11.3 Å². The first-order valence-electron chi connectivity index (χ1n) is 7.22. The summed E-state index contributed by atoms with van der Waals surface area (Å²) >= 11 is 1.06. The van der Waals surface area contributed by atoms with Crippen molar-refractivity contribution in [2.45, 2.75) is 29.5 Å². The number of thiophene rings is 1. The highest BCUT2D eigenvalue weighted by Gasteiger charge is 2.39. The molecule has 2 saturated heterocycles. The lowest BCUT2D eigenvalue weighted by Crippen LogP contribution is -2.53. The van der Waals surface area contributed by atoms with Gasteiger partial charge in [-0.25, -0.2) is 8.42 Å². The second-order valence-corrected chi connectivity index (χ2v) is 9.08. The third-order valence-electron chi connectivity index (χ3n) is 4.59. The van der Waals surface area contributed by atoms with Gasteiger partial charge in [-0.3, -0.25) is 0 Å². The highest BCUT2D eigenvalue weighted by Crippen LogP contribution is 2.33. The molecule has 0 saturated carbocycles. The minimum Gasteiger partial charge on any atom is -0.303 e. The fraction of sp³-hybridized carbons (Fsp3) is 0.643. The molecular formula is C14H19N3O2S2. The van der Waals surface area contributed by atoms with Gasteiger partial charge >= 0.3 is 0 Å². The van der Waals surface area contributed by atoms with E-state index < -0.39 is 10.0 Å². The SMILES string of the molecule is CN1CCCC2CN(S(=O)(=O)c3ccc(C#N)s3)CCC21. The lowest BCUT2D eigenvalue weighted by Gasteiger charge is -2.45. The van der Waals surface area contributed by atoms with Crippen molar-refractivity contribution in [3.05, 3.63) is 17.0 Å². The van der Waals surface area contributed by atoms with E-state index in [0.717, 1.165) is 37.1 Å². The third kappa shape index (κ3) is 2.73. The van der Waals surface area contributed by atoms with Crippen molar-refractivity contribution in [1.82, 2.24) is 9.21 Å². The van der Waals surface area contributed by atoms with E-state index in [1.54, 1.807) is 16.4 Å². The summed E-state index contributed by atoms with van der Waals surface area (Å²) in [5.74, 6) is 0.433. The molecule has 0 spiro atoms. The molecule has 0 N–H and O–H groups in total. The molecule has 2 atom stereocenters. The van der Waals surface area contributed by atoms with Crippen molar-refractivity contribution in [3.8, 4) is 6.07 Å².